The number of carbonyl (C=O) groups is 3. The van der Waals surface area contributed by atoms with Gasteiger partial charge < -0.3 is 19.4 Å². The summed E-state index contributed by atoms with van der Waals surface area (Å²) in [5.41, 5.74) is 1.80. The van der Waals surface area contributed by atoms with Crippen molar-refractivity contribution in [2.75, 3.05) is 51.3 Å². The second kappa shape index (κ2) is 10.2. The fourth-order valence-electron chi connectivity index (χ4n) is 4.77. The summed E-state index contributed by atoms with van der Waals surface area (Å²) in [4.78, 5) is 43.5. The van der Waals surface area contributed by atoms with Gasteiger partial charge in [-0.1, -0.05) is 12.1 Å². The number of ether oxygens (including phenoxy) is 1. The van der Waals surface area contributed by atoms with E-state index in [2.05, 4.69) is 27.2 Å². The molecule has 0 saturated carbocycles. The van der Waals surface area contributed by atoms with Gasteiger partial charge in [0.1, 0.15) is 18.1 Å². The summed E-state index contributed by atoms with van der Waals surface area (Å²) in [5, 5.41) is 2.90. The van der Waals surface area contributed by atoms with Crippen LogP contribution in [0.3, 0.4) is 0 Å². The quantitative estimate of drug-likeness (QED) is 0.487. The first-order chi connectivity index (χ1) is 17.5. The van der Waals surface area contributed by atoms with Crippen LogP contribution in [0.1, 0.15) is 32.5 Å². The number of nitrogens with one attached hydrogen (secondary N) is 1. The molecule has 2 aliphatic heterocycles. The van der Waals surface area contributed by atoms with E-state index in [0.29, 0.717) is 17.7 Å². The van der Waals surface area contributed by atoms with Crippen molar-refractivity contribution in [2.24, 2.45) is 0 Å². The highest BCUT2D eigenvalue weighted by Crippen LogP contribution is 2.26. The fraction of sp³-hybridized carbons (Fsp3) is 0.296. The summed E-state index contributed by atoms with van der Waals surface area (Å²) < 4.78 is 10.9. The number of hydrogen-bond donors (Lipinski definition) is 1. The van der Waals surface area contributed by atoms with Crippen LogP contribution in [0.5, 0.6) is 5.75 Å². The third-order valence-electron chi connectivity index (χ3n) is 6.74. The molecule has 3 heterocycles. The van der Waals surface area contributed by atoms with E-state index in [4.69, 9.17) is 9.15 Å². The number of nitrogens with zero attached hydrogens (tertiary/aromatic N) is 3. The SMILES string of the molecule is COc1ccc(N2CCN(C(CNC(=O)CN3C(=O)c4ccccc4C3=O)c3ccco3)CC2)cc1. The lowest BCUT2D eigenvalue weighted by Gasteiger charge is -2.39. The van der Waals surface area contributed by atoms with Gasteiger partial charge in [0.05, 0.1) is 30.5 Å². The first-order valence-corrected chi connectivity index (χ1v) is 11.9. The van der Waals surface area contributed by atoms with Gasteiger partial charge in [-0.05, 0) is 48.5 Å². The number of rotatable bonds is 8. The molecule has 1 atom stereocenters. The molecular weight excluding hydrogens is 460 g/mol. The lowest BCUT2D eigenvalue weighted by molar-refractivity contribution is -0.121. The minimum absolute atomic E-state index is 0.163. The Kier molecular flexibility index (Phi) is 6.73. The highest BCUT2D eigenvalue weighted by Gasteiger charge is 2.36. The van der Waals surface area contributed by atoms with E-state index in [0.717, 1.165) is 48.3 Å². The van der Waals surface area contributed by atoms with Gasteiger partial charge in [-0.15, -0.1) is 0 Å². The predicted octanol–water partition coefficient (Wildman–Crippen LogP) is 2.56. The summed E-state index contributed by atoms with van der Waals surface area (Å²) in [7, 11) is 1.65. The van der Waals surface area contributed by atoms with Crippen molar-refractivity contribution in [1.29, 1.82) is 0 Å². The molecular formula is C27H28N4O5. The van der Waals surface area contributed by atoms with E-state index in [9.17, 15) is 14.4 Å². The molecule has 9 heteroatoms. The lowest BCUT2D eigenvalue weighted by atomic mass is 10.1. The zero-order valence-corrected chi connectivity index (χ0v) is 20.1. The summed E-state index contributed by atoms with van der Waals surface area (Å²) in [6.07, 6.45) is 1.62. The minimum atomic E-state index is -0.442. The second-order valence-corrected chi connectivity index (χ2v) is 8.80. The van der Waals surface area contributed by atoms with E-state index in [1.807, 2.05) is 24.3 Å². The molecule has 2 aromatic carbocycles. The Hall–Kier alpha value is -4.11. The summed E-state index contributed by atoms with van der Waals surface area (Å²) in [6, 6.07) is 18.2. The van der Waals surface area contributed by atoms with Crippen LogP contribution in [0.4, 0.5) is 5.69 Å². The number of methoxy groups -OCH3 is 1. The van der Waals surface area contributed by atoms with Crippen molar-refractivity contribution >= 4 is 23.4 Å². The van der Waals surface area contributed by atoms with Crippen LogP contribution in [0, 0.1) is 0 Å². The number of hydrogen-bond acceptors (Lipinski definition) is 7. The lowest BCUT2D eigenvalue weighted by Crippen LogP contribution is -2.50. The van der Waals surface area contributed by atoms with Crippen molar-refractivity contribution in [3.63, 3.8) is 0 Å². The molecule has 1 unspecified atom stereocenters. The summed E-state index contributed by atoms with van der Waals surface area (Å²) >= 11 is 0. The number of fused-ring (bicyclic) bond motifs is 1. The third-order valence-corrected chi connectivity index (χ3v) is 6.74. The Balaban J connectivity index is 1.19. The summed E-state index contributed by atoms with van der Waals surface area (Å²) in [6.45, 7) is 3.21. The second-order valence-electron chi connectivity index (χ2n) is 8.80. The first kappa shape index (κ1) is 23.6. The fourth-order valence-corrected chi connectivity index (χ4v) is 4.77. The molecule has 0 spiro atoms. The predicted molar refractivity (Wildman–Crippen MR) is 133 cm³/mol. The maximum absolute atomic E-state index is 12.8. The molecule has 1 saturated heterocycles. The highest BCUT2D eigenvalue weighted by atomic mass is 16.5. The molecule has 36 heavy (non-hydrogen) atoms. The van der Waals surface area contributed by atoms with Crippen LogP contribution in [-0.4, -0.2) is 73.9 Å². The van der Waals surface area contributed by atoms with Gasteiger partial charge in [0.2, 0.25) is 5.91 Å². The Morgan fingerprint density at radius 3 is 2.19 bits per heavy atom. The standard InChI is InChI=1S/C27H28N4O5/c1-35-20-10-8-19(9-11-20)29-12-14-30(15-13-29)23(24-7-4-16-36-24)17-28-25(32)18-31-26(33)21-5-2-3-6-22(21)27(31)34/h2-11,16,23H,12-15,17-18H2,1H3,(H,28,32). The molecule has 3 amide bonds. The number of imide groups is 1. The van der Waals surface area contributed by atoms with Crippen LogP contribution in [0.2, 0.25) is 0 Å². The first-order valence-electron chi connectivity index (χ1n) is 11.9. The molecule has 2 aliphatic rings. The van der Waals surface area contributed by atoms with E-state index in [1.54, 1.807) is 37.6 Å². The molecule has 1 aromatic heterocycles. The van der Waals surface area contributed by atoms with Crippen LogP contribution in [0.15, 0.2) is 71.3 Å². The van der Waals surface area contributed by atoms with E-state index < -0.39 is 17.7 Å². The number of benzene rings is 2. The minimum Gasteiger partial charge on any atom is -0.497 e. The van der Waals surface area contributed by atoms with Crippen molar-refractivity contribution in [1.82, 2.24) is 15.1 Å². The number of carbonyl (C=O) groups excluding carboxylic acids is 3. The monoisotopic (exact) mass is 488 g/mol. The maximum Gasteiger partial charge on any atom is 0.262 e. The molecule has 5 rings (SSSR count). The number of piperazine rings is 1. The Morgan fingerprint density at radius 1 is 0.944 bits per heavy atom. The van der Waals surface area contributed by atoms with Gasteiger partial charge in [0, 0.05) is 38.4 Å². The smallest absolute Gasteiger partial charge is 0.262 e. The number of anilines is 1. The Morgan fingerprint density at radius 2 is 1.61 bits per heavy atom. The van der Waals surface area contributed by atoms with E-state index in [-0.39, 0.29) is 12.6 Å². The van der Waals surface area contributed by atoms with Gasteiger partial charge in [-0.2, -0.15) is 0 Å². The molecule has 1 N–H and O–H groups in total. The molecule has 186 valence electrons. The topological polar surface area (TPSA) is 95.3 Å². The Bertz CT molecular complexity index is 1200. The van der Waals surface area contributed by atoms with Crippen LogP contribution in [0.25, 0.3) is 0 Å². The molecule has 0 aliphatic carbocycles. The van der Waals surface area contributed by atoms with Gasteiger partial charge >= 0.3 is 0 Å². The average molecular weight is 489 g/mol. The number of furan rings is 1. The van der Waals surface area contributed by atoms with Crippen molar-refractivity contribution < 1.29 is 23.5 Å². The zero-order valence-electron chi connectivity index (χ0n) is 20.1. The third kappa shape index (κ3) is 4.70. The van der Waals surface area contributed by atoms with Gasteiger partial charge in [0.15, 0.2) is 0 Å². The van der Waals surface area contributed by atoms with E-state index >= 15 is 0 Å². The molecule has 0 bridgehead atoms. The van der Waals surface area contributed by atoms with E-state index in [1.165, 1.54) is 0 Å². The Labute approximate surface area is 209 Å². The highest BCUT2D eigenvalue weighted by molar-refractivity contribution is 6.22. The maximum atomic E-state index is 12.8. The molecule has 3 aromatic rings. The normalized spacial score (nSPS) is 16.7. The summed E-state index contributed by atoms with van der Waals surface area (Å²) in [5.74, 6) is 0.310. The van der Waals surface area contributed by atoms with Gasteiger partial charge in [-0.25, -0.2) is 0 Å². The molecule has 1 fully saturated rings. The van der Waals surface area contributed by atoms with Gasteiger partial charge in [0.25, 0.3) is 11.8 Å². The van der Waals surface area contributed by atoms with Crippen molar-refractivity contribution in [3.8, 4) is 5.75 Å². The van der Waals surface area contributed by atoms with Crippen LogP contribution >= 0.6 is 0 Å². The number of amides is 3. The zero-order chi connectivity index (χ0) is 25.1. The molecule has 9 nitrogen and oxygen atoms in total. The van der Waals surface area contributed by atoms with Crippen LogP contribution in [-0.2, 0) is 4.79 Å². The van der Waals surface area contributed by atoms with Crippen molar-refractivity contribution in [2.45, 2.75) is 6.04 Å². The van der Waals surface area contributed by atoms with Crippen molar-refractivity contribution in [3.05, 3.63) is 83.8 Å². The largest absolute Gasteiger partial charge is 0.497 e. The average Bonchev–Trinajstić information content (AvgIpc) is 3.53. The van der Waals surface area contributed by atoms with Crippen LogP contribution < -0.4 is 15.0 Å². The molecule has 0 radical (unpaired) electrons. The van der Waals surface area contributed by atoms with Gasteiger partial charge in [-0.3, -0.25) is 24.2 Å².